The number of aryl methyl sites for hydroxylation is 4. The molecule has 4 rings (SSSR count). The van der Waals surface area contributed by atoms with Crippen LogP contribution in [0.2, 0.25) is 0 Å². The molecule has 0 spiro atoms. The molecule has 1 N–H and O–H groups in total. The van der Waals surface area contributed by atoms with E-state index in [1.807, 2.05) is 68.7 Å². The average molecular weight is 400 g/mol. The van der Waals surface area contributed by atoms with Crippen molar-refractivity contribution < 1.29 is 9.90 Å². The molecule has 0 aliphatic heterocycles. The lowest BCUT2D eigenvalue weighted by atomic mass is 10.1. The zero-order chi connectivity index (χ0) is 21.4. The van der Waals surface area contributed by atoms with Crippen LogP contribution >= 0.6 is 0 Å². The van der Waals surface area contributed by atoms with Gasteiger partial charge < -0.3 is 9.67 Å². The molecule has 1 amide bonds. The van der Waals surface area contributed by atoms with Crippen LogP contribution in [0.15, 0.2) is 52.7 Å². The van der Waals surface area contributed by atoms with Gasteiger partial charge in [-0.25, -0.2) is 0 Å². The molecule has 0 aliphatic rings. The fourth-order valence-electron chi connectivity index (χ4n) is 3.78. The SMILES string of the molecule is CCCn1c(O)c(N=NC(=O)c2cc(C)nc3ccc(C)cc23)c2cc(C)ccc21. The molecule has 0 saturated heterocycles. The Morgan fingerprint density at radius 2 is 1.73 bits per heavy atom. The summed E-state index contributed by atoms with van der Waals surface area (Å²) in [6.07, 6.45) is 0.863. The first-order valence-electron chi connectivity index (χ1n) is 10.0. The smallest absolute Gasteiger partial charge is 0.296 e. The summed E-state index contributed by atoms with van der Waals surface area (Å²) in [5.74, 6) is -0.430. The summed E-state index contributed by atoms with van der Waals surface area (Å²) in [7, 11) is 0. The molecule has 0 saturated carbocycles. The summed E-state index contributed by atoms with van der Waals surface area (Å²) in [5.41, 5.74) is 5.22. The van der Waals surface area contributed by atoms with Crippen LogP contribution < -0.4 is 0 Å². The minimum Gasteiger partial charge on any atom is -0.493 e. The second-order valence-electron chi connectivity index (χ2n) is 7.68. The molecule has 0 atom stereocenters. The van der Waals surface area contributed by atoms with Gasteiger partial charge in [0.15, 0.2) is 5.69 Å². The van der Waals surface area contributed by atoms with E-state index in [4.69, 9.17) is 0 Å². The van der Waals surface area contributed by atoms with Crippen LogP contribution in [0.1, 0.15) is 40.5 Å². The van der Waals surface area contributed by atoms with E-state index in [0.717, 1.165) is 45.0 Å². The van der Waals surface area contributed by atoms with E-state index < -0.39 is 5.91 Å². The van der Waals surface area contributed by atoms with Crippen LogP contribution in [0.3, 0.4) is 0 Å². The predicted molar refractivity (Wildman–Crippen MR) is 119 cm³/mol. The summed E-state index contributed by atoms with van der Waals surface area (Å²) in [4.78, 5) is 17.5. The number of carbonyl (C=O) groups is 1. The number of fused-ring (bicyclic) bond motifs is 2. The highest BCUT2D eigenvalue weighted by Crippen LogP contribution is 2.39. The Morgan fingerprint density at radius 1 is 1.03 bits per heavy atom. The number of pyridine rings is 1. The Morgan fingerprint density at radius 3 is 2.47 bits per heavy atom. The molecule has 152 valence electrons. The van der Waals surface area contributed by atoms with Gasteiger partial charge in [0.25, 0.3) is 5.91 Å². The first-order chi connectivity index (χ1) is 14.4. The van der Waals surface area contributed by atoms with E-state index in [2.05, 4.69) is 15.2 Å². The van der Waals surface area contributed by atoms with Gasteiger partial charge >= 0.3 is 0 Å². The second-order valence-corrected chi connectivity index (χ2v) is 7.68. The zero-order valence-corrected chi connectivity index (χ0v) is 17.6. The minimum absolute atomic E-state index is 0.0283. The summed E-state index contributed by atoms with van der Waals surface area (Å²) in [6, 6.07) is 13.4. The molecule has 30 heavy (non-hydrogen) atoms. The molecule has 2 heterocycles. The van der Waals surface area contributed by atoms with Crippen LogP contribution in [0, 0.1) is 20.8 Å². The maximum absolute atomic E-state index is 13.0. The van der Waals surface area contributed by atoms with E-state index in [0.29, 0.717) is 17.8 Å². The lowest BCUT2D eigenvalue weighted by molar-refractivity contribution is 0.0996. The summed E-state index contributed by atoms with van der Waals surface area (Å²) < 4.78 is 1.81. The van der Waals surface area contributed by atoms with Crippen molar-refractivity contribution in [2.75, 3.05) is 0 Å². The highest BCUT2D eigenvalue weighted by molar-refractivity contribution is 6.07. The molecule has 0 unspecified atom stereocenters. The van der Waals surface area contributed by atoms with Crippen LogP contribution in [0.25, 0.3) is 21.8 Å². The Bertz CT molecular complexity index is 1320. The minimum atomic E-state index is -0.459. The number of hydrogen-bond donors (Lipinski definition) is 1. The third kappa shape index (κ3) is 3.45. The quantitative estimate of drug-likeness (QED) is 0.417. The molecule has 0 aliphatic carbocycles. The molecule has 0 bridgehead atoms. The van der Waals surface area contributed by atoms with Crippen molar-refractivity contribution in [2.24, 2.45) is 10.2 Å². The van der Waals surface area contributed by atoms with Gasteiger partial charge in [-0.15, -0.1) is 10.2 Å². The lowest BCUT2D eigenvalue weighted by Gasteiger charge is -2.05. The van der Waals surface area contributed by atoms with E-state index in [-0.39, 0.29) is 5.88 Å². The van der Waals surface area contributed by atoms with E-state index in [9.17, 15) is 9.90 Å². The normalized spacial score (nSPS) is 11.7. The predicted octanol–water partition coefficient (Wildman–Crippen LogP) is 6.15. The molecule has 6 nitrogen and oxygen atoms in total. The average Bonchev–Trinajstić information content (AvgIpc) is 2.96. The zero-order valence-electron chi connectivity index (χ0n) is 17.6. The Labute approximate surface area is 174 Å². The standard InChI is InChI=1S/C24H24N4O2/c1-5-10-28-21-9-7-15(3)12-19(21)22(24(28)30)26-27-23(29)18-13-16(4)25-20-8-6-14(2)11-17(18)20/h6-9,11-13,30H,5,10H2,1-4H3. The fourth-order valence-corrected chi connectivity index (χ4v) is 3.78. The number of rotatable bonds is 4. The Kier molecular flexibility index (Phi) is 5.08. The van der Waals surface area contributed by atoms with Gasteiger partial charge in [-0.1, -0.05) is 30.2 Å². The first-order valence-corrected chi connectivity index (χ1v) is 10.0. The van der Waals surface area contributed by atoms with Crippen LogP contribution in [0.5, 0.6) is 5.88 Å². The summed E-state index contributed by atoms with van der Waals surface area (Å²) in [6.45, 7) is 8.50. The number of nitrogens with zero attached hydrogens (tertiary/aromatic N) is 4. The lowest BCUT2D eigenvalue weighted by Crippen LogP contribution is -1.99. The number of hydrogen-bond acceptors (Lipinski definition) is 4. The van der Waals surface area contributed by atoms with E-state index in [1.54, 1.807) is 6.07 Å². The molecule has 2 aromatic carbocycles. The highest BCUT2D eigenvalue weighted by atomic mass is 16.3. The molecular formula is C24H24N4O2. The Hall–Kier alpha value is -3.54. The van der Waals surface area contributed by atoms with Crippen molar-refractivity contribution >= 4 is 33.4 Å². The number of benzene rings is 2. The maximum Gasteiger partial charge on any atom is 0.296 e. The molecule has 4 aromatic rings. The van der Waals surface area contributed by atoms with Gasteiger partial charge in [0.1, 0.15) is 0 Å². The van der Waals surface area contributed by atoms with Crippen molar-refractivity contribution in [1.29, 1.82) is 0 Å². The summed E-state index contributed by atoms with van der Waals surface area (Å²) >= 11 is 0. The van der Waals surface area contributed by atoms with Crippen molar-refractivity contribution in [2.45, 2.75) is 40.7 Å². The molecule has 0 radical (unpaired) electrons. The molecule has 2 aromatic heterocycles. The molecule has 6 heteroatoms. The second kappa shape index (κ2) is 7.71. The number of amides is 1. The number of azo groups is 1. The third-order valence-electron chi connectivity index (χ3n) is 5.18. The maximum atomic E-state index is 13.0. The third-order valence-corrected chi connectivity index (χ3v) is 5.18. The Balaban J connectivity index is 1.82. The van der Waals surface area contributed by atoms with Gasteiger partial charge in [0.05, 0.1) is 16.6 Å². The van der Waals surface area contributed by atoms with E-state index in [1.165, 1.54) is 0 Å². The topological polar surface area (TPSA) is 79.8 Å². The van der Waals surface area contributed by atoms with Crippen molar-refractivity contribution in [3.8, 4) is 5.88 Å². The van der Waals surface area contributed by atoms with Crippen LogP contribution in [0.4, 0.5) is 5.69 Å². The van der Waals surface area contributed by atoms with E-state index >= 15 is 0 Å². The monoisotopic (exact) mass is 400 g/mol. The highest BCUT2D eigenvalue weighted by Gasteiger charge is 2.18. The molecule has 0 fully saturated rings. The summed E-state index contributed by atoms with van der Waals surface area (Å²) in [5, 5.41) is 20.5. The largest absolute Gasteiger partial charge is 0.493 e. The van der Waals surface area contributed by atoms with Gasteiger partial charge in [-0.3, -0.25) is 9.78 Å². The molecular weight excluding hydrogens is 376 g/mol. The fraction of sp³-hybridized carbons (Fsp3) is 0.250. The van der Waals surface area contributed by atoms with Crippen molar-refractivity contribution in [3.05, 3.63) is 64.8 Å². The van der Waals surface area contributed by atoms with Crippen molar-refractivity contribution in [1.82, 2.24) is 9.55 Å². The number of carbonyl (C=O) groups excluding carboxylic acids is 1. The van der Waals surface area contributed by atoms with Gasteiger partial charge in [-0.05, 0) is 57.5 Å². The van der Waals surface area contributed by atoms with Crippen LogP contribution in [-0.4, -0.2) is 20.6 Å². The first kappa shape index (κ1) is 19.8. The van der Waals surface area contributed by atoms with Crippen LogP contribution in [-0.2, 0) is 6.54 Å². The van der Waals surface area contributed by atoms with Gasteiger partial charge in [0.2, 0.25) is 5.88 Å². The van der Waals surface area contributed by atoms with Gasteiger partial charge in [-0.2, -0.15) is 0 Å². The van der Waals surface area contributed by atoms with Gasteiger partial charge in [0, 0.05) is 23.0 Å². The van der Waals surface area contributed by atoms with Crippen molar-refractivity contribution in [3.63, 3.8) is 0 Å². The number of aromatic nitrogens is 2. The number of aromatic hydroxyl groups is 1.